The SMILES string of the molecule is CCOC(=O)NC(C)c1ccc2c(c1)CCN(Cc1ccc(OCC3CC3)cc1)C2. The number of alkyl carbamates (subject to hydrolysis) is 1. The molecule has 1 fully saturated rings. The molecule has 1 saturated carbocycles. The standard InChI is InChI=1S/C25H32N2O3/c1-3-29-25(28)26-18(2)21-8-9-23-16-27(13-12-22(23)14-21)15-19-6-10-24(11-7-19)30-17-20-4-5-20/h6-11,14,18,20H,3-5,12-13,15-17H2,1-2H3,(H,26,28). The molecule has 1 aliphatic heterocycles. The summed E-state index contributed by atoms with van der Waals surface area (Å²) in [6.07, 6.45) is 3.30. The first-order valence-electron chi connectivity index (χ1n) is 11.1. The number of carbonyl (C=O) groups excluding carboxylic acids is 1. The predicted octanol–water partition coefficient (Wildman–Crippen LogP) is 4.84. The van der Waals surface area contributed by atoms with E-state index >= 15 is 0 Å². The Morgan fingerprint density at radius 1 is 1.17 bits per heavy atom. The first-order chi connectivity index (χ1) is 14.6. The maximum Gasteiger partial charge on any atom is 0.407 e. The average molecular weight is 409 g/mol. The molecule has 0 spiro atoms. The summed E-state index contributed by atoms with van der Waals surface area (Å²) in [4.78, 5) is 14.2. The number of rotatable bonds is 8. The Balaban J connectivity index is 1.31. The van der Waals surface area contributed by atoms with Gasteiger partial charge in [-0.15, -0.1) is 0 Å². The van der Waals surface area contributed by atoms with Crippen molar-refractivity contribution in [3.63, 3.8) is 0 Å². The van der Waals surface area contributed by atoms with Crippen molar-refractivity contribution >= 4 is 6.09 Å². The molecule has 5 heteroatoms. The third kappa shape index (κ3) is 5.54. The lowest BCUT2D eigenvalue weighted by molar-refractivity contribution is 0.149. The largest absolute Gasteiger partial charge is 0.493 e. The third-order valence-corrected chi connectivity index (χ3v) is 5.94. The van der Waals surface area contributed by atoms with E-state index in [0.717, 1.165) is 49.9 Å². The summed E-state index contributed by atoms with van der Waals surface area (Å²) < 4.78 is 10.8. The average Bonchev–Trinajstić information content (AvgIpc) is 3.57. The van der Waals surface area contributed by atoms with Crippen molar-refractivity contribution in [3.05, 3.63) is 64.7 Å². The van der Waals surface area contributed by atoms with E-state index in [1.54, 1.807) is 0 Å². The van der Waals surface area contributed by atoms with Crippen LogP contribution in [0.4, 0.5) is 4.79 Å². The molecule has 1 atom stereocenters. The minimum atomic E-state index is -0.363. The zero-order valence-corrected chi connectivity index (χ0v) is 18.0. The van der Waals surface area contributed by atoms with Crippen LogP contribution in [-0.2, 0) is 24.2 Å². The summed E-state index contributed by atoms with van der Waals surface area (Å²) in [5.74, 6) is 1.76. The van der Waals surface area contributed by atoms with Crippen LogP contribution in [0.2, 0.25) is 0 Å². The van der Waals surface area contributed by atoms with E-state index in [9.17, 15) is 4.79 Å². The van der Waals surface area contributed by atoms with Gasteiger partial charge < -0.3 is 14.8 Å². The second-order valence-electron chi connectivity index (χ2n) is 8.47. The van der Waals surface area contributed by atoms with Crippen molar-refractivity contribution in [2.75, 3.05) is 19.8 Å². The van der Waals surface area contributed by atoms with Crippen LogP contribution >= 0.6 is 0 Å². The van der Waals surface area contributed by atoms with Crippen molar-refractivity contribution in [2.45, 2.75) is 52.2 Å². The molecule has 2 aromatic carbocycles. The van der Waals surface area contributed by atoms with Crippen LogP contribution in [0.1, 0.15) is 55.0 Å². The fourth-order valence-electron chi connectivity index (χ4n) is 3.92. The number of nitrogens with one attached hydrogen (secondary N) is 1. The predicted molar refractivity (Wildman–Crippen MR) is 117 cm³/mol. The number of carbonyl (C=O) groups is 1. The highest BCUT2D eigenvalue weighted by Gasteiger charge is 2.22. The Bertz CT molecular complexity index is 861. The smallest absolute Gasteiger partial charge is 0.407 e. The van der Waals surface area contributed by atoms with Crippen LogP contribution in [0.5, 0.6) is 5.75 Å². The first-order valence-corrected chi connectivity index (χ1v) is 11.1. The van der Waals surface area contributed by atoms with Gasteiger partial charge in [0.25, 0.3) is 0 Å². The molecule has 0 aromatic heterocycles. The second kappa shape index (κ2) is 9.52. The van der Waals surface area contributed by atoms with Gasteiger partial charge in [-0.3, -0.25) is 4.90 Å². The zero-order chi connectivity index (χ0) is 20.9. The number of fused-ring (bicyclic) bond motifs is 1. The fourth-order valence-corrected chi connectivity index (χ4v) is 3.92. The van der Waals surface area contributed by atoms with Crippen molar-refractivity contribution in [2.24, 2.45) is 5.92 Å². The molecular weight excluding hydrogens is 376 g/mol. The van der Waals surface area contributed by atoms with Gasteiger partial charge in [0.1, 0.15) is 5.75 Å². The van der Waals surface area contributed by atoms with Crippen molar-refractivity contribution < 1.29 is 14.3 Å². The monoisotopic (exact) mass is 408 g/mol. The fraction of sp³-hybridized carbons (Fsp3) is 0.480. The maximum atomic E-state index is 11.7. The van der Waals surface area contributed by atoms with Crippen molar-refractivity contribution in [1.82, 2.24) is 10.2 Å². The van der Waals surface area contributed by atoms with Gasteiger partial charge in [0.15, 0.2) is 0 Å². The lowest BCUT2D eigenvalue weighted by atomic mass is 9.95. The van der Waals surface area contributed by atoms with E-state index in [1.807, 2.05) is 13.8 Å². The van der Waals surface area contributed by atoms with Crippen molar-refractivity contribution in [3.8, 4) is 5.75 Å². The highest BCUT2D eigenvalue weighted by Crippen LogP contribution is 2.30. The molecule has 1 unspecified atom stereocenters. The van der Waals surface area contributed by atoms with E-state index in [4.69, 9.17) is 9.47 Å². The molecule has 1 amide bonds. The van der Waals surface area contributed by atoms with E-state index < -0.39 is 0 Å². The zero-order valence-electron chi connectivity index (χ0n) is 18.0. The molecule has 2 aromatic rings. The van der Waals surface area contributed by atoms with E-state index in [0.29, 0.717) is 6.61 Å². The van der Waals surface area contributed by atoms with E-state index in [1.165, 1.54) is 29.5 Å². The molecule has 160 valence electrons. The normalized spacial score (nSPS) is 17.1. The molecule has 1 heterocycles. The van der Waals surface area contributed by atoms with Crippen LogP contribution in [0, 0.1) is 5.92 Å². The molecule has 4 rings (SSSR count). The van der Waals surface area contributed by atoms with Crippen LogP contribution in [0.25, 0.3) is 0 Å². The highest BCUT2D eigenvalue weighted by atomic mass is 16.5. The number of hydrogen-bond acceptors (Lipinski definition) is 4. The van der Waals surface area contributed by atoms with Gasteiger partial charge in [0.05, 0.1) is 19.3 Å². The number of amides is 1. The lowest BCUT2D eigenvalue weighted by Gasteiger charge is -2.29. The Hall–Kier alpha value is -2.53. The molecule has 30 heavy (non-hydrogen) atoms. The van der Waals surface area contributed by atoms with Crippen LogP contribution in [0.15, 0.2) is 42.5 Å². The van der Waals surface area contributed by atoms with Crippen LogP contribution in [0.3, 0.4) is 0 Å². The molecule has 0 saturated heterocycles. The summed E-state index contributed by atoms with van der Waals surface area (Å²) in [5.41, 5.74) is 5.20. The van der Waals surface area contributed by atoms with Crippen LogP contribution < -0.4 is 10.1 Å². The maximum absolute atomic E-state index is 11.7. The Morgan fingerprint density at radius 2 is 1.97 bits per heavy atom. The molecule has 5 nitrogen and oxygen atoms in total. The summed E-state index contributed by atoms with van der Waals surface area (Å²) in [7, 11) is 0. The van der Waals surface area contributed by atoms with Gasteiger partial charge in [-0.1, -0.05) is 30.3 Å². The van der Waals surface area contributed by atoms with Crippen molar-refractivity contribution in [1.29, 1.82) is 0 Å². The van der Waals surface area contributed by atoms with Gasteiger partial charge in [-0.2, -0.15) is 0 Å². The minimum absolute atomic E-state index is 0.0620. The van der Waals surface area contributed by atoms with E-state index in [-0.39, 0.29) is 12.1 Å². The van der Waals surface area contributed by atoms with E-state index in [2.05, 4.69) is 52.7 Å². The van der Waals surface area contributed by atoms with Gasteiger partial charge in [0, 0.05) is 19.6 Å². The summed E-state index contributed by atoms with van der Waals surface area (Å²) in [6.45, 7) is 7.99. The van der Waals surface area contributed by atoms with Crippen LogP contribution in [-0.4, -0.2) is 30.8 Å². The number of hydrogen-bond donors (Lipinski definition) is 1. The summed E-state index contributed by atoms with van der Waals surface area (Å²) in [5, 5.41) is 2.89. The summed E-state index contributed by atoms with van der Waals surface area (Å²) in [6, 6.07) is 15.1. The Labute approximate surface area is 179 Å². The third-order valence-electron chi connectivity index (χ3n) is 5.94. The second-order valence-corrected chi connectivity index (χ2v) is 8.47. The molecule has 1 N–H and O–H groups in total. The molecular formula is C25H32N2O3. The Kier molecular flexibility index (Phi) is 6.58. The minimum Gasteiger partial charge on any atom is -0.493 e. The number of benzene rings is 2. The quantitative estimate of drug-likeness (QED) is 0.679. The topological polar surface area (TPSA) is 50.8 Å². The number of nitrogens with zero attached hydrogens (tertiary/aromatic N) is 1. The Morgan fingerprint density at radius 3 is 2.70 bits per heavy atom. The van der Waals surface area contributed by atoms with Gasteiger partial charge >= 0.3 is 6.09 Å². The molecule has 2 aliphatic rings. The van der Waals surface area contributed by atoms with Gasteiger partial charge in [-0.05, 0) is 73.4 Å². The van der Waals surface area contributed by atoms with Gasteiger partial charge in [-0.25, -0.2) is 4.79 Å². The lowest BCUT2D eigenvalue weighted by Crippen LogP contribution is -2.31. The van der Waals surface area contributed by atoms with Gasteiger partial charge in [0.2, 0.25) is 0 Å². The molecule has 0 radical (unpaired) electrons. The summed E-state index contributed by atoms with van der Waals surface area (Å²) >= 11 is 0. The molecule has 0 bridgehead atoms. The number of ether oxygens (including phenoxy) is 2. The molecule has 1 aliphatic carbocycles. The highest BCUT2D eigenvalue weighted by molar-refractivity contribution is 5.67. The first kappa shape index (κ1) is 20.7.